The Morgan fingerprint density at radius 3 is 0.654 bits per heavy atom. The number of phosphoric acid groups is 2. The molecule has 3 N–H and O–H groups in total. The lowest BCUT2D eigenvalue weighted by Gasteiger charge is -2.21. The lowest BCUT2D eigenvalue weighted by molar-refractivity contribution is -0.161. The summed E-state index contributed by atoms with van der Waals surface area (Å²) in [5.74, 6) is -1.39. The molecule has 0 rings (SSSR count). The number of unbranched alkanes of at least 4 members (excludes halogenated alkanes) is 57. The summed E-state index contributed by atoms with van der Waals surface area (Å²) >= 11 is 0. The van der Waals surface area contributed by atoms with Gasteiger partial charge in [-0.3, -0.25) is 37.3 Å². The van der Waals surface area contributed by atoms with Gasteiger partial charge in [0.05, 0.1) is 26.4 Å². The van der Waals surface area contributed by atoms with Gasteiger partial charge in [0.25, 0.3) is 0 Å². The highest BCUT2D eigenvalue weighted by Crippen LogP contribution is 2.45. The third-order valence-electron chi connectivity index (χ3n) is 20.0. The van der Waals surface area contributed by atoms with E-state index in [0.29, 0.717) is 25.7 Å². The van der Waals surface area contributed by atoms with Gasteiger partial charge in [-0.05, 0) is 31.6 Å². The fourth-order valence-electron chi connectivity index (χ4n) is 13.3. The summed E-state index contributed by atoms with van der Waals surface area (Å²) in [4.78, 5) is 73.1. The minimum Gasteiger partial charge on any atom is -0.462 e. The molecule has 0 saturated carbocycles. The van der Waals surface area contributed by atoms with E-state index >= 15 is 0 Å². The molecule has 0 aliphatic carbocycles. The Morgan fingerprint density at radius 2 is 0.442 bits per heavy atom. The maximum atomic E-state index is 13.1. The minimum absolute atomic E-state index is 0.105. The smallest absolute Gasteiger partial charge is 0.462 e. The largest absolute Gasteiger partial charge is 0.472 e. The molecule has 17 nitrogen and oxygen atoms in total. The van der Waals surface area contributed by atoms with Crippen LogP contribution in [0.4, 0.5) is 0 Å². The van der Waals surface area contributed by atoms with Crippen LogP contribution in [0.2, 0.25) is 0 Å². The summed E-state index contributed by atoms with van der Waals surface area (Å²) in [7, 11) is -9.92. The maximum Gasteiger partial charge on any atom is 0.472 e. The second kappa shape index (κ2) is 77.8. The van der Waals surface area contributed by atoms with Gasteiger partial charge in [-0.15, -0.1) is 0 Å². The topological polar surface area (TPSA) is 237 Å². The van der Waals surface area contributed by atoms with Gasteiger partial charge in [-0.2, -0.15) is 0 Å². The number of carbonyl (C=O) groups excluding carboxylic acids is 4. The highest BCUT2D eigenvalue weighted by atomic mass is 31.2. The molecule has 5 atom stereocenters. The zero-order valence-electron chi connectivity index (χ0n) is 68.2. The van der Waals surface area contributed by atoms with Crippen LogP contribution in [0.25, 0.3) is 0 Å². The molecular weight excluding hydrogens is 1350 g/mol. The van der Waals surface area contributed by atoms with Crippen molar-refractivity contribution in [1.29, 1.82) is 0 Å². The van der Waals surface area contributed by atoms with Gasteiger partial charge in [0.15, 0.2) is 12.2 Å². The van der Waals surface area contributed by atoms with Crippen LogP contribution in [-0.4, -0.2) is 96.7 Å². The Balaban J connectivity index is 5.17. The van der Waals surface area contributed by atoms with Crippen LogP contribution in [0.3, 0.4) is 0 Å². The number of hydrogen-bond acceptors (Lipinski definition) is 15. The standard InChI is InChI=1S/C85H166O17P2/c1-6-9-12-15-18-21-24-26-28-30-32-34-36-38-40-42-44-46-49-55-60-65-70-84(89)101-80(74-96-83(88)69-64-59-54-48-45-43-41-39-37-35-33-31-29-27-25-22-19-16-13-10-7-2)76-99-103(91,92)97-72-79(86)73-98-104(93,94)100-77-81(75-95-82(87)68-63-58-53-47-23-20-17-14-11-8-3)102-85(90)71-66-61-56-51-50-52-57-62-67-78(4)5/h78-81,86H,6-77H2,1-5H3,(H,91,92)(H,93,94)/t79-,80-,81-/m1/s1. The molecule has 2 unspecified atom stereocenters. The third-order valence-corrected chi connectivity index (χ3v) is 21.9. The summed E-state index contributed by atoms with van der Waals surface area (Å²) < 4.78 is 68.8. The normalized spacial score (nSPS) is 13.8. The molecule has 0 aromatic carbocycles. The van der Waals surface area contributed by atoms with Crippen molar-refractivity contribution in [3.05, 3.63) is 0 Å². The Kier molecular flexibility index (Phi) is 76.3. The van der Waals surface area contributed by atoms with Gasteiger partial charge in [0.1, 0.15) is 19.3 Å². The second-order valence-electron chi connectivity index (χ2n) is 31.1. The predicted molar refractivity (Wildman–Crippen MR) is 428 cm³/mol. The van der Waals surface area contributed by atoms with Crippen molar-refractivity contribution in [3.63, 3.8) is 0 Å². The number of ether oxygens (including phenoxy) is 4. The molecule has 0 amide bonds. The van der Waals surface area contributed by atoms with Crippen molar-refractivity contribution in [2.75, 3.05) is 39.6 Å². The van der Waals surface area contributed by atoms with Gasteiger partial charge in [0.2, 0.25) is 0 Å². The van der Waals surface area contributed by atoms with E-state index in [1.165, 1.54) is 283 Å². The molecule has 0 aliphatic heterocycles. The van der Waals surface area contributed by atoms with Crippen LogP contribution >= 0.6 is 15.6 Å². The van der Waals surface area contributed by atoms with Crippen molar-refractivity contribution >= 4 is 39.5 Å². The van der Waals surface area contributed by atoms with Crippen molar-refractivity contribution in [2.24, 2.45) is 5.92 Å². The van der Waals surface area contributed by atoms with Gasteiger partial charge >= 0.3 is 39.5 Å². The van der Waals surface area contributed by atoms with Gasteiger partial charge in [0, 0.05) is 25.7 Å². The number of carbonyl (C=O) groups is 4. The number of esters is 4. The number of rotatable bonds is 85. The molecule has 104 heavy (non-hydrogen) atoms. The molecule has 0 bridgehead atoms. The molecule has 0 aromatic rings. The van der Waals surface area contributed by atoms with Gasteiger partial charge in [-0.1, -0.05) is 407 Å². The first kappa shape index (κ1) is 102. The Hall–Kier alpha value is -1.94. The first-order chi connectivity index (χ1) is 50.5. The molecule has 0 spiro atoms. The molecule has 0 aliphatic rings. The summed E-state index contributed by atoms with van der Waals surface area (Å²) in [5, 5.41) is 10.7. The van der Waals surface area contributed by atoms with E-state index in [4.69, 9.17) is 37.0 Å². The first-order valence-corrected chi connectivity index (χ1v) is 47.1. The molecule has 0 heterocycles. The fourth-order valence-corrected chi connectivity index (χ4v) is 14.9. The van der Waals surface area contributed by atoms with Crippen molar-refractivity contribution in [1.82, 2.24) is 0 Å². The summed E-state index contributed by atoms with van der Waals surface area (Å²) in [5.41, 5.74) is 0. The molecule has 19 heteroatoms. The number of hydrogen-bond donors (Lipinski definition) is 3. The Labute approximate surface area is 638 Å². The van der Waals surface area contributed by atoms with Crippen LogP contribution in [0, 0.1) is 5.92 Å². The van der Waals surface area contributed by atoms with E-state index in [1.54, 1.807) is 0 Å². The summed E-state index contributed by atoms with van der Waals surface area (Å²) in [6.07, 6.45) is 71.2. The molecule has 0 aromatic heterocycles. The maximum absolute atomic E-state index is 13.1. The lowest BCUT2D eigenvalue weighted by atomic mass is 10.0. The van der Waals surface area contributed by atoms with E-state index < -0.39 is 97.5 Å². The van der Waals surface area contributed by atoms with E-state index in [-0.39, 0.29) is 25.7 Å². The highest BCUT2D eigenvalue weighted by molar-refractivity contribution is 7.47. The van der Waals surface area contributed by atoms with Crippen molar-refractivity contribution in [2.45, 2.75) is 477 Å². The summed E-state index contributed by atoms with van der Waals surface area (Å²) in [6.45, 7) is 7.29. The highest BCUT2D eigenvalue weighted by Gasteiger charge is 2.30. The monoisotopic (exact) mass is 1520 g/mol. The second-order valence-corrected chi connectivity index (χ2v) is 34.0. The molecule has 618 valence electrons. The lowest BCUT2D eigenvalue weighted by Crippen LogP contribution is -2.30. The Morgan fingerprint density at radius 1 is 0.260 bits per heavy atom. The quantitative estimate of drug-likeness (QED) is 0.0222. The van der Waals surface area contributed by atoms with E-state index in [2.05, 4.69) is 34.6 Å². The van der Waals surface area contributed by atoms with Crippen molar-refractivity contribution < 1.29 is 80.2 Å². The number of aliphatic hydroxyl groups excluding tert-OH is 1. The van der Waals surface area contributed by atoms with E-state index in [9.17, 15) is 43.2 Å². The van der Waals surface area contributed by atoms with E-state index in [1.807, 2.05) is 0 Å². The molecule has 0 saturated heterocycles. The van der Waals surface area contributed by atoms with Gasteiger partial charge in [-0.25, -0.2) is 9.13 Å². The fraction of sp³-hybridized carbons (Fsp3) is 0.953. The van der Waals surface area contributed by atoms with Crippen LogP contribution in [-0.2, 0) is 65.4 Å². The third kappa shape index (κ3) is 78.2. The van der Waals surface area contributed by atoms with Crippen molar-refractivity contribution in [3.8, 4) is 0 Å². The zero-order valence-corrected chi connectivity index (χ0v) is 70.0. The first-order valence-electron chi connectivity index (χ1n) is 44.1. The van der Waals surface area contributed by atoms with E-state index in [0.717, 1.165) is 95.8 Å². The number of aliphatic hydroxyl groups is 1. The zero-order chi connectivity index (χ0) is 76.2. The average molecular weight is 1520 g/mol. The van der Waals surface area contributed by atoms with Crippen LogP contribution in [0.1, 0.15) is 458 Å². The predicted octanol–water partition coefficient (Wildman–Crippen LogP) is 26.0. The van der Waals surface area contributed by atoms with Crippen LogP contribution in [0.15, 0.2) is 0 Å². The molecular formula is C85H166O17P2. The summed E-state index contributed by atoms with van der Waals surface area (Å²) in [6, 6.07) is 0. The SMILES string of the molecule is CCCCCCCCCCCCCCCCCCCCCCCCC(=O)O[C@H](COC(=O)CCCCCCCCCCCCCCCCCCCCCCC)COP(=O)(O)OC[C@@H](O)COP(=O)(O)OC[C@@H](COC(=O)CCCCCCCCCCCC)OC(=O)CCCCCCCCCCC(C)C. The van der Waals surface area contributed by atoms with Crippen LogP contribution < -0.4 is 0 Å². The number of phosphoric ester groups is 2. The van der Waals surface area contributed by atoms with Gasteiger partial charge < -0.3 is 33.8 Å². The average Bonchev–Trinajstić information content (AvgIpc) is 0.910. The molecule has 0 radical (unpaired) electrons. The molecule has 0 fully saturated rings. The minimum atomic E-state index is -4.96. The van der Waals surface area contributed by atoms with Crippen LogP contribution in [0.5, 0.6) is 0 Å². The Bertz CT molecular complexity index is 1980.